The molecule has 0 radical (unpaired) electrons. The lowest BCUT2D eigenvalue weighted by Crippen LogP contribution is -2.45. The number of hydrogen-bond acceptors (Lipinski definition) is 6. The molecule has 0 saturated carbocycles. The molecule has 6 heteroatoms. The molecule has 6 nitrogen and oxygen atoms in total. The maximum atomic E-state index is 5.39. The van der Waals surface area contributed by atoms with Gasteiger partial charge in [-0.2, -0.15) is 4.98 Å². The number of rotatable bonds is 5. The summed E-state index contributed by atoms with van der Waals surface area (Å²) in [6.45, 7) is 8.34. The smallest absolute Gasteiger partial charge is 0.241 e. The van der Waals surface area contributed by atoms with E-state index in [4.69, 9.17) is 9.26 Å². The summed E-state index contributed by atoms with van der Waals surface area (Å²) >= 11 is 0. The molecule has 0 amide bonds. The number of methoxy groups -OCH3 is 1. The van der Waals surface area contributed by atoms with E-state index < -0.39 is 0 Å². The van der Waals surface area contributed by atoms with Crippen LogP contribution in [-0.4, -0.2) is 59.8 Å². The van der Waals surface area contributed by atoms with Crippen molar-refractivity contribution in [2.45, 2.75) is 13.5 Å². The van der Waals surface area contributed by atoms with E-state index in [9.17, 15) is 0 Å². The summed E-state index contributed by atoms with van der Waals surface area (Å²) in [6, 6.07) is 7.69. The van der Waals surface area contributed by atoms with E-state index in [1.54, 1.807) is 7.11 Å². The van der Waals surface area contributed by atoms with Gasteiger partial charge in [-0.3, -0.25) is 4.90 Å². The van der Waals surface area contributed by atoms with Crippen LogP contribution in [0, 0.1) is 0 Å². The van der Waals surface area contributed by atoms with Crippen molar-refractivity contribution in [2.75, 3.05) is 39.8 Å². The van der Waals surface area contributed by atoms with E-state index in [2.05, 4.69) is 26.9 Å². The van der Waals surface area contributed by atoms with E-state index in [0.29, 0.717) is 18.3 Å². The fourth-order valence-electron chi connectivity index (χ4n) is 2.65. The van der Waals surface area contributed by atoms with Crippen LogP contribution in [0.2, 0.25) is 0 Å². The molecule has 1 aliphatic rings. The van der Waals surface area contributed by atoms with Crippen molar-refractivity contribution >= 4 is 0 Å². The molecule has 1 fully saturated rings. The maximum absolute atomic E-state index is 5.39. The number of ether oxygens (including phenoxy) is 1. The lowest BCUT2D eigenvalue weighted by Gasteiger charge is -2.33. The van der Waals surface area contributed by atoms with E-state index in [-0.39, 0.29) is 0 Å². The second-order valence-electron chi connectivity index (χ2n) is 5.45. The van der Waals surface area contributed by atoms with Gasteiger partial charge in [0.1, 0.15) is 5.75 Å². The fraction of sp³-hybridized carbons (Fsp3) is 0.500. The molecular formula is C16H22N4O2. The molecule has 0 bridgehead atoms. The van der Waals surface area contributed by atoms with Crippen LogP contribution in [0.25, 0.3) is 11.4 Å². The average molecular weight is 302 g/mol. The van der Waals surface area contributed by atoms with Crippen molar-refractivity contribution < 1.29 is 9.26 Å². The first kappa shape index (κ1) is 15.0. The molecule has 118 valence electrons. The predicted molar refractivity (Wildman–Crippen MR) is 83.7 cm³/mol. The first-order valence-corrected chi connectivity index (χ1v) is 7.70. The number of hydrogen-bond donors (Lipinski definition) is 0. The highest BCUT2D eigenvalue weighted by Crippen LogP contribution is 2.21. The van der Waals surface area contributed by atoms with Crippen LogP contribution in [-0.2, 0) is 6.54 Å². The van der Waals surface area contributed by atoms with Crippen molar-refractivity contribution in [3.63, 3.8) is 0 Å². The number of nitrogens with zero attached hydrogens (tertiary/aromatic N) is 4. The largest absolute Gasteiger partial charge is 0.497 e. The summed E-state index contributed by atoms with van der Waals surface area (Å²) in [5, 5.41) is 4.08. The second kappa shape index (κ2) is 6.89. The monoisotopic (exact) mass is 302 g/mol. The standard InChI is InChI=1S/C16H22N4O2/c1-3-19-7-9-20(10-8-19)12-15-17-16(18-22-15)13-5-4-6-14(11-13)21-2/h4-6,11H,3,7-10,12H2,1-2H3. The van der Waals surface area contributed by atoms with Crippen molar-refractivity contribution in [3.8, 4) is 17.1 Å². The molecule has 22 heavy (non-hydrogen) atoms. The zero-order chi connectivity index (χ0) is 15.4. The van der Waals surface area contributed by atoms with Crippen molar-refractivity contribution in [1.82, 2.24) is 19.9 Å². The highest BCUT2D eigenvalue weighted by Gasteiger charge is 2.18. The molecule has 2 heterocycles. The first-order chi connectivity index (χ1) is 10.8. The van der Waals surface area contributed by atoms with Gasteiger partial charge >= 0.3 is 0 Å². The van der Waals surface area contributed by atoms with Crippen LogP contribution in [0.4, 0.5) is 0 Å². The number of aromatic nitrogens is 2. The Balaban J connectivity index is 1.64. The summed E-state index contributed by atoms with van der Waals surface area (Å²) < 4.78 is 10.6. The fourth-order valence-corrected chi connectivity index (χ4v) is 2.65. The first-order valence-electron chi connectivity index (χ1n) is 7.70. The zero-order valence-electron chi connectivity index (χ0n) is 13.2. The number of piperazine rings is 1. The van der Waals surface area contributed by atoms with Gasteiger partial charge in [0.2, 0.25) is 11.7 Å². The predicted octanol–water partition coefficient (Wildman–Crippen LogP) is 1.88. The molecule has 0 atom stereocenters. The molecule has 0 N–H and O–H groups in total. The molecule has 0 unspecified atom stereocenters. The Labute approximate surface area is 130 Å². The molecule has 0 spiro atoms. The van der Waals surface area contributed by atoms with Crippen LogP contribution < -0.4 is 4.74 Å². The summed E-state index contributed by atoms with van der Waals surface area (Å²) in [7, 11) is 1.65. The van der Waals surface area contributed by atoms with Gasteiger partial charge in [-0.25, -0.2) is 0 Å². The molecule has 3 rings (SSSR count). The number of benzene rings is 1. The molecule has 1 aliphatic heterocycles. The Morgan fingerprint density at radius 1 is 1.18 bits per heavy atom. The Hall–Kier alpha value is -1.92. The van der Waals surface area contributed by atoms with Crippen molar-refractivity contribution in [3.05, 3.63) is 30.2 Å². The minimum atomic E-state index is 0.612. The molecule has 2 aromatic rings. The second-order valence-corrected chi connectivity index (χ2v) is 5.45. The Kier molecular flexibility index (Phi) is 4.70. The van der Waals surface area contributed by atoms with Gasteiger partial charge in [0.25, 0.3) is 0 Å². The minimum absolute atomic E-state index is 0.612. The van der Waals surface area contributed by atoms with Gasteiger partial charge in [-0.15, -0.1) is 0 Å². The normalized spacial score (nSPS) is 16.8. The van der Waals surface area contributed by atoms with Gasteiger partial charge < -0.3 is 14.2 Å². The topological polar surface area (TPSA) is 54.6 Å². The highest BCUT2D eigenvalue weighted by molar-refractivity contribution is 5.56. The Morgan fingerprint density at radius 2 is 1.95 bits per heavy atom. The zero-order valence-corrected chi connectivity index (χ0v) is 13.2. The lowest BCUT2D eigenvalue weighted by atomic mass is 10.2. The lowest BCUT2D eigenvalue weighted by molar-refractivity contribution is 0.121. The molecule has 0 aliphatic carbocycles. The van der Waals surface area contributed by atoms with Gasteiger partial charge in [-0.05, 0) is 18.7 Å². The summed E-state index contributed by atoms with van der Waals surface area (Å²) in [5.41, 5.74) is 0.908. The van der Waals surface area contributed by atoms with Crippen LogP contribution in [0.3, 0.4) is 0 Å². The third kappa shape index (κ3) is 3.45. The van der Waals surface area contributed by atoms with E-state index >= 15 is 0 Å². The number of likely N-dealkylation sites (N-methyl/N-ethyl adjacent to an activating group) is 1. The third-order valence-electron chi connectivity index (χ3n) is 4.07. The summed E-state index contributed by atoms with van der Waals surface area (Å²) in [4.78, 5) is 9.31. The van der Waals surface area contributed by atoms with Gasteiger partial charge in [0.05, 0.1) is 13.7 Å². The van der Waals surface area contributed by atoms with Crippen molar-refractivity contribution in [2.24, 2.45) is 0 Å². The molecule has 1 aromatic carbocycles. The quantitative estimate of drug-likeness (QED) is 0.840. The summed E-state index contributed by atoms with van der Waals surface area (Å²) in [5.74, 6) is 2.07. The Morgan fingerprint density at radius 3 is 2.68 bits per heavy atom. The van der Waals surface area contributed by atoms with Crippen LogP contribution in [0.15, 0.2) is 28.8 Å². The molecular weight excluding hydrogens is 280 g/mol. The van der Waals surface area contributed by atoms with Crippen LogP contribution in [0.5, 0.6) is 5.75 Å². The van der Waals surface area contributed by atoms with E-state index in [1.807, 2.05) is 24.3 Å². The maximum Gasteiger partial charge on any atom is 0.241 e. The van der Waals surface area contributed by atoms with Crippen LogP contribution >= 0.6 is 0 Å². The van der Waals surface area contributed by atoms with Gasteiger partial charge in [0.15, 0.2) is 0 Å². The van der Waals surface area contributed by atoms with Gasteiger partial charge in [0, 0.05) is 31.7 Å². The van der Waals surface area contributed by atoms with E-state index in [1.165, 1.54) is 0 Å². The molecule has 1 saturated heterocycles. The van der Waals surface area contributed by atoms with E-state index in [0.717, 1.165) is 44.0 Å². The molecule has 1 aromatic heterocycles. The van der Waals surface area contributed by atoms with Gasteiger partial charge in [-0.1, -0.05) is 24.2 Å². The summed E-state index contributed by atoms with van der Waals surface area (Å²) in [6.07, 6.45) is 0. The minimum Gasteiger partial charge on any atom is -0.497 e. The van der Waals surface area contributed by atoms with Crippen molar-refractivity contribution in [1.29, 1.82) is 0 Å². The Bertz CT molecular complexity index is 606. The SMILES string of the molecule is CCN1CCN(Cc2nc(-c3cccc(OC)c3)no2)CC1. The average Bonchev–Trinajstić information content (AvgIpc) is 3.04. The highest BCUT2D eigenvalue weighted by atomic mass is 16.5. The van der Waals surface area contributed by atoms with Crippen LogP contribution in [0.1, 0.15) is 12.8 Å². The third-order valence-corrected chi connectivity index (χ3v) is 4.07.